The molecule has 0 atom stereocenters. The minimum absolute atomic E-state index is 0.147. The van der Waals surface area contributed by atoms with Crippen molar-refractivity contribution in [1.29, 1.82) is 0 Å². The molecule has 0 aromatic carbocycles. The van der Waals surface area contributed by atoms with Gasteiger partial charge >= 0.3 is 0 Å². The van der Waals surface area contributed by atoms with Crippen molar-refractivity contribution in [3.05, 3.63) is 29.9 Å². The maximum absolute atomic E-state index is 5.68. The molecule has 108 valence electrons. The van der Waals surface area contributed by atoms with Gasteiger partial charge in [-0.05, 0) is 52.8 Å². The number of aryl methyl sites for hydroxylation is 2. The molecule has 20 heavy (non-hydrogen) atoms. The number of hydrogen-bond donors (Lipinski definition) is 1. The first-order valence-electron chi connectivity index (χ1n) is 6.94. The van der Waals surface area contributed by atoms with E-state index in [9.17, 15) is 0 Å². The number of hydrogen-bond acceptors (Lipinski definition) is 5. The largest absolute Gasteiger partial charge is 0.421 e. The molecule has 0 unspecified atom stereocenters. The number of pyridine rings is 1. The number of aromatic nitrogens is 3. The van der Waals surface area contributed by atoms with Crippen LogP contribution in [0.25, 0.3) is 11.5 Å². The molecule has 2 aromatic rings. The molecule has 0 aliphatic rings. The fourth-order valence-electron chi connectivity index (χ4n) is 1.85. The minimum atomic E-state index is 0.147. The summed E-state index contributed by atoms with van der Waals surface area (Å²) in [6, 6.07) is 3.82. The van der Waals surface area contributed by atoms with Crippen LogP contribution in [0.3, 0.4) is 0 Å². The highest BCUT2D eigenvalue weighted by Crippen LogP contribution is 2.18. The summed E-state index contributed by atoms with van der Waals surface area (Å²) in [6.45, 7) is 9.35. The van der Waals surface area contributed by atoms with Crippen molar-refractivity contribution in [2.24, 2.45) is 0 Å². The van der Waals surface area contributed by atoms with Gasteiger partial charge < -0.3 is 9.73 Å². The third-order valence-corrected chi connectivity index (χ3v) is 2.83. The highest BCUT2D eigenvalue weighted by atomic mass is 16.4. The van der Waals surface area contributed by atoms with E-state index in [2.05, 4.69) is 41.3 Å². The van der Waals surface area contributed by atoms with Gasteiger partial charge in [-0.1, -0.05) is 0 Å². The lowest BCUT2D eigenvalue weighted by Crippen LogP contribution is -2.36. The van der Waals surface area contributed by atoms with E-state index in [0.29, 0.717) is 11.8 Å². The summed E-state index contributed by atoms with van der Waals surface area (Å²) in [5, 5.41) is 11.6. The van der Waals surface area contributed by atoms with Crippen molar-refractivity contribution < 1.29 is 4.42 Å². The Balaban J connectivity index is 1.90. The average molecular weight is 274 g/mol. The molecule has 0 aliphatic heterocycles. The van der Waals surface area contributed by atoms with Crippen molar-refractivity contribution >= 4 is 0 Å². The summed E-state index contributed by atoms with van der Waals surface area (Å²) in [6.07, 6.45) is 3.52. The second-order valence-corrected chi connectivity index (χ2v) is 5.97. The molecule has 0 saturated heterocycles. The van der Waals surface area contributed by atoms with E-state index in [1.165, 1.54) is 0 Å². The van der Waals surface area contributed by atoms with E-state index in [4.69, 9.17) is 4.42 Å². The van der Waals surface area contributed by atoms with Crippen molar-refractivity contribution in [2.75, 3.05) is 6.54 Å². The van der Waals surface area contributed by atoms with Crippen molar-refractivity contribution in [1.82, 2.24) is 20.5 Å². The van der Waals surface area contributed by atoms with E-state index in [-0.39, 0.29) is 5.54 Å². The van der Waals surface area contributed by atoms with Crippen LogP contribution in [0.15, 0.2) is 22.7 Å². The van der Waals surface area contributed by atoms with Crippen LogP contribution in [0.1, 0.15) is 38.8 Å². The summed E-state index contributed by atoms with van der Waals surface area (Å²) < 4.78 is 5.68. The molecule has 0 aliphatic carbocycles. The Morgan fingerprint density at radius 3 is 2.75 bits per heavy atom. The summed E-state index contributed by atoms with van der Waals surface area (Å²) in [5.41, 5.74) is 2.01. The first-order chi connectivity index (χ1) is 9.44. The summed E-state index contributed by atoms with van der Waals surface area (Å²) in [4.78, 5) is 4.16. The van der Waals surface area contributed by atoms with Gasteiger partial charge in [-0.25, -0.2) is 0 Å². The maximum Gasteiger partial charge on any atom is 0.247 e. The Kier molecular flexibility index (Phi) is 4.49. The van der Waals surface area contributed by atoms with Crippen LogP contribution in [-0.4, -0.2) is 27.3 Å². The van der Waals surface area contributed by atoms with E-state index in [1.54, 1.807) is 6.20 Å². The molecule has 2 heterocycles. The molecular formula is C15H22N4O. The van der Waals surface area contributed by atoms with Crippen LogP contribution in [0.4, 0.5) is 0 Å². The Morgan fingerprint density at radius 2 is 2.05 bits per heavy atom. The standard InChI is InChI=1S/C15H22N4O/c1-11-10-12(7-9-16-11)14-19-18-13(20-14)6-5-8-17-15(2,3)4/h7,9-10,17H,5-6,8H2,1-4H3. The van der Waals surface area contributed by atoms with Gasteiger partial charge in [0.05, 0.1) is 0 Å². The predicted molar refractivity (Wildman–Crippen MR) is 78.3 cm³/mol. The number of rotatable bonds is 5. The van der Waals surface area contributed by atoms with Crippen LogP contribution in [-0.2, 0) is 6.42 Å². The van der Waals surface area contributed by atoms with Gasteiger partial charge in [0.2, 0.25) is 11.8 Å². The molecule has 0 bridgehead atoms. The lowest BCUT2D eigenvalue weighted by molar-refractivity contribution is 0.412. The normalized spacial score (nSPS) is 11.8. The van der Waals surface area contributed by atoms with E-state index < -0.39 is 0 Å². The molecule has 5 nitrogen and oxygen atoms in total. The SMILES string of the molecule is Cc1cc(-c2nnc(CCCNC(C)(C)C)o2)ccn1. The van der Waals surface area contributed by atoms with Gasteiger partial charge in [-0.3, -0.25) is 4.98 Å². The number of nitrogens with one attached hydrogen (secondary N) is 1. The third kappa shape index (κ3) is 4.42. The Hall–Kier alpha value is -1.75. The predicted octanol–water partition coefficient (Wildman–Crippen LogP) is 2.76. The maximum atomic E-state index is 5.68. The molecule has 0 radical (unpaired) electrons. The van der Waals surface area contributed by atoms with Crippen LogP contribution >= 0.6 is 0 Å². The minimum Gasteiger partial charge on any atom is -0.421 e. The second-order valence-electron chi connectivity index (χ2n) is 5.97. The Bertz CT molecular complexity index is 557. The van der Waals surface area contributed by atoms with E-state index in [0.717, 1.165) is 30.6 Å². The van der Waals surface area contributed by atoms with Crippen molar-refractivity contribution in [3.8, 4) is 11.5 Å². The third-order valence-electron chi connectivity index (χ3n) is 2.83. The molecule has 0 saturated carbocycles. The Morgan fingerprint density at radius 1 is 1.25 bits per heavy atom. The molecule has 2 aromatic heterocycles. The first-order valence-corrected chi connectivity index (χ1v) is 6.94. The lowest BCUT2D eigenvalue weighted by atomic mass is 10.1. The number of nitrogens with zero attached hydrogens (tertiary/aromatic N) is 3. The van der Waals surface area contributed by atoms with Gasteiger partial charge in [-0.15, -0.1) is 10.2 Å². The van der Waals surface area contributed by atoms with Crippen molar-refractivity contribution in [3.63, 3.8) is 0 Å². The summed E-state index contributed by atoms with van der Waals surface area (Å²) in [5.74, 6) is 1.25. The van der Waals surface area contributed by atoms with Crippen LogP contribution in [0.2, 0.25) is 0 Å². The fraction of sp³-hybridized carbons (Fsp3) is 0.533. The molecule has 2 rings (SSSR count). The summed E-state index contributed by atoms with van der Waals surface area (Å²) in [7, 11) is 0. The smallest absolute Gasteiger partial charge is 0.247 e. The highest BCUT2D eigenvalue weighted by Gasteiger charge is 2.10. The van der Waals surface area contributed by atoms with E-state index in [1.807, 2.05) is 19.1 Å². The van der Waals surface area contributed by atoms with Crippen LogP contribution in [0, 0.1) is 6.92 Å². The zero-order chi connectivity index (χ0) is 14.6. The molecule has 5 heteroatoms. The van der Waals surface area contributed by atoms with Gasteiger partial charge in [0.25, 0.3) is 0 Å². The van der Waals surface area contributed by atoms with Crippen LogP contribution < -0.4 is 5.32 Å². The lowest BCUT2D eigenvalue weighted by Gasteiger charge is -2.19. The van der Waals surface area contributed by atoms with Gasteiger partial charge in [0.15, 0.2) is 0 Å². The van der Waals surface area contributed by atoms with E-state index >= 15 is 0 Å². The quantitative estimate of drug-likeness (QED) is 0.849. The highest BCUT2D eigenvalue weighted by molar-refractivity contribution is 5.52. The fourth-order valence-corrected chi connectivity index (χ4v) is 1.85. The zero-order valence-electron chi connectivity index (χ0n) is 12.6. The van der Waals surface area contributed by atoms with Crippen LogP contribution in [0.5, 0.6) is 0 Å². The zero-order valence-corrected chi connectivity index (χ0v) is 12.6. The molecular weight excluding hydrogens is 252 g/mol. The summed E-state index contributed by atoms with van der Waals surface area (Å²) >= 11 is 0. The first kappa shape index (κ1) is 14.7. The van der Waals surface area contributed by atoms with Crippen molar-refractivity contribution in [2.45, 2.75) is 46.1 Å². The van der Waals surface area contributed by atoms with Gasteiger partial charge in [-0.2, -0.15) is 0 Å². The molecule has 1 N–H and O–H groups in total. The topological polar surface area (TPSA) is 63.8 Å². The molecule has 0 fully saturated rings. The average Bonchev–Trinajstić information content (AvgIpc) is 2.82. The van der Waals surface area contributed by atoms with Gasteiger partial charge in [0.1, 0.15) is 0 Å². The monoisotopic (exact) mass is 274 g/mol. The second kappa shape index (κ2) is 6.13. The Labute approximate surface area is 119 Å². The molecule has 0 spiro atoms. The van der Waals surface area contributed by atoms with Gasteiger partial charge in [0, 0.05) is 29.4 Å². The molecule has 0 amide bonds.